The molecule has 0 aliphatic carbocycles. The van der Waals surface area contributed by atoms with Crippen molar-refractivity contribution in [3.05, 3.63) is 46.6 Å². The largest absolute Gasteiger partial charge is 0.352 e. The number of hydrogen-bond acceptors (Lipinski definition) is 5. The molecule has 1 atom stereocenters. The zero-order valence-electron chi connectivity index (χ0n) is 17.6. The summed E-state index contributed by atoms with van der Waals surface area (Å²) in [6.07, 6.45) is 2.20. The molecular formula is C23H28N4O2. The summed E-state index contributed by atoms with van der Waals surface area (Å²) < 4.78 is 5.42. The van der Waals surface area contributed by atoms with Gasteiger partial charge in [-0.2, -0.15) is 0 Å². The number of carbonyl (C=O) groups excluding carboxylic acids is 1. The van der Waals surface area contributed by atoms with Crippen LogP contribution in [0.1, 0.15) is 40.0 Å². The van der Waals surface area contributed by atoms with Gasteiger partial charge in [-0.05, 0) is 64.8 Å². The first-order chi connectivity index (χ1) is 13.9. The number of carbonyl (C=O) groups is 1. The molecule has 29 heavy (non-hydrogen) atoms. The lowest BCUT2D eigenvalue weighted by molar-refractivity contribution is 0.0953. The summed E-state index contributed by atoms with van der Waals surface area (Å²) in [7, 11) is 2.15. The molecule has 1 fully saturated rings. The second-order valence-electron chi connectivity index (χ2n) is 8.28. The number of pyridine rings is 1. The van der Waals surface area contributed by atoms with Crippen molar-refractivity contribution >= 4 is 17.0 Å². The maximum Gasteiger partial charge on any atom is 0.259 e. The minimum absolute atomic E-state index is 0.0962. The molecule has 1 unspecified atom stereocenters. The smallest absolute Gasteiger partial charge is 0.259 e. The van der Waals surface area contributed by atoms with Crippen molar-refractivity contribution < 1.29 is 9.32 Å². The summed E-state index contributed by atoms with van der Waals surface area (Å²) in [4.78, 5) is 20.0. The number of aromatic nitrogens is 2. The van der Waals surface area contributed by atoms with Crippen LogP contribution in [-0.2, 0) is 0 Å². The van der Waals surface area contributed by atoms with Crippen LogP contribution in [0.25, 0.3) is 22.4 Å². The molecule has 1 aliphatic heterocycles. The van der Waals surface area contributed by atoms with Gasteiger partial charge in [-0.1, -0.05) is 28.9 Å². The standard InChI is InChI=1S/C23H28N4O2/c1-14-5-6-18(15(2)11-14)20-12-19(21-16(3)26-29-23(21)25-20)22(28)24-9-7-17-8-10-27(4)13-17/h5-6,11-12,17H,7-10,13H2,1-4H3,(H,24,28). The van der Waals surface area contributed by atoms with E-state index in [0.29, 0.717) is 34.8 Å². The molecule has 4 rings (SSSR count). The monoisotopic (exact) mass is 392 g/mol. The minimum Gasteiger partial charge on any atom is -0.352 e. The predicted molar refractivity (Wildman–Crippen MR) is 114 cm³/mol. The van der Waals surface area contributed by atoms with Gasteiger partial charge in [0.25, 0.3) is 11.6 Å². The lowest BCUT2D eigenvalue weighted by atomic mass is 10.00. The Morgan fingerprint density at radius 2 is 2.10 bits per heavy atom. The van der Waals surface area contributed by atoms with Gasteiger partial charge in [-0.25, -0.2) is 4.98 Å². The van der Waals surface area contributed by atoms with E-state index in [1.807, 2.05) is 19.1 Å². The quantitative estimate of drug-likeness (QED) is 0.713. The zero-order chi connectivity index (χ0) is 20.5. The first-order valence-corrected chi connectivity index (χ1v) is 10.2. The maximum atomic E-state index is 13.1. The average Bonchev–Trinajstić information content (AvgIpc) is 3.26. The van der Waals surface area contributed by atoms with E-state index in [1.165, 1.54) is 12.0 Å². The van der Waals surface area contributed by atoms with Crippen LogP contribution in [0, 0.1) is 26.7 Å². The summed E-state index contributed by atoms with van der Waals surface area (Å²) in [5.74, 6) is 0.557. The van der Waals surface area contributed by atoms with E-state index >= 15 is 0 Å². The zero-order valence-corrected chi connectivity index (χ0v) is 17.6. The Morgan fingerprint density at radius 1 is 1.28 bits per heavy atom. The SMILES string of the molecule is Cc1ccc(-c2cc(C(=O)NCCC3CCN(C)C3)c3c(C)noc3n2)c(C)c1. The molecule has 3 heterocycles. The van der Waals surface area contributed by atoms with Crippen molar-refractivity contribution in [2.24, 2.45) is 5.92 Å². The molecule has 0 bridgehead atoms. The number of benzene rings is 1. The lowest BCUT2D eigenvalue weighted by Gasteiger charge is -2.12. The molecule has 6 nitrogen and oxygen atoms in total. The molecular weight excluding hydrogens is 364 g/mol. The average molecular weight is 393 g/mol. The molecule has 1 saturated heterocycles. The van der Waals surface area contributed by atoms with Gasteiger partial charge in [-0.15, -0.1) is 0 Å². The molecule has 0 spiro atoms. The summed E-state index contributed by atoms with van der Waals surface area (Å²) in [5.41, 5.74) is 5.70. The molecule has 152 valence electrons. The van der Waals surface area contributed by atoms with Gasteiger partial charge in [0.2, 0.25) is 0 Å². The number of hydrogen-bond donors (Lipinski definition) is 1. The summed E-state index contributed by atoms with van der Waals surface area (Å²) in [5, 5.41) is 7.83. The Bertz CT molecular complexity index is 1060. The molecule has 1 aromatic carbocycles. The van der Waals surface area contributed by atoms with Crippen molar-refractivity contribution in [2.45, 2.75) is 33.6 Å². The van der Waals surface area contributed by atoms with Crippen LogP contribution < -0.4 is 5.32 Å². The third-order valence-electron chi connectivity index (χ3n) is 5.85. The number of nitrogens with zero attached hydrogens (tertiary/aromatic N) is 3. The minimum atomic E-state index is -0.0962. The van der Waals surface area contributed by atoms with Crippen LogP contribution in [-0.4, -0.2) is 47.6 Å². The summed E-state index contributed by atoms with van der Waals surface area (Å²) in [6, 6.07) is 8.08. The van der Waals surface area contributed by atoms with E-state index in [2.05, 4.69) is 53.4 Å². The third kappa shape index (κ3) is 4.03. The van der Waals surface area contributed by atoms with Gasteiger partial charge in [0.1, 0.15) is 0 Å². The van der Waals surface area contributed by atoms with Gasteiger partial charge < -0.3 is 14.7 Å². The fourth-order valence-corrected chi connectivity index (χ4v) is 4.26. The van der Waals surface area contributed by atoms with Crippen LogP contribution in [0.15, 0.2) is 28.8 Å². The topological polar surface area (TPSA) is 71.3 Å². The van der Waals surface area contributed by atoms with Crippen LogP contribution in [0.2, 0.25) is 0 Å². The Morgan fingerprint density at radius 3 is 2.83 bits per heavy atom. The van der Waals surface area contributed by atoms with Crippen LogP contribution in [0.4, 0.5) is 0 Å². The van der Waals surface area contributed by atoms with Crippen molar-refractivity contribution in [3.8, 4) is 11.3 Å². The number of amides is 1. The number of aryl methyl sites for hydroxylation is 3. The highest BCUT2D eigenvalue weighted by atomic mass is 16.5. The second kappa shape index (κ2) is 7.95. The highest BCUT2D eigenvalue weighted by molar-refractivity contribution is 6.07. The van der Waals surface area contributed by atoms with E-state index in [4.69, 9.17) is 4.52 Å². The van der Waals surface area contributed by atoms with E-state index in [-0.39, 0.29) is 5.91 Å². The molecule has 0 radical (unpaired) electrons. The number of likely N-dealkylation sites (tertiary alicyclic amines) is 1. The van der Waals surface area contributed by atoms with Crippen LogP contribution >= 0.6 is 0 Å². The highest BCUT2D eigenvalue weighted by Crippen LogP contribution is 2.29. The second-order valence-corrected chi connectivity index (χ2v) is 8.28. The first kappa shape index (κ1) is 19.6. The van der Waals surface area contributed by atoms with E-state index in [0.717, 1.165) is 36.3 Å². The Balaban J connectivity index is 1.61. The molecule has 1 amide bonds. The van der Waals surface area contributed by atoms with Gasteiger partial charge >= 0.3 is 0 Å². The number of fused-ring (bicyclic) bond motifs is 1. The van der Waals surface area contributed by atoms with E-state index in [1.54, 1.807) is 0 Å². The fourth-order valence-electron chi connectivity index (χ4n) is 4.26. The normalized spacial score (nSPS) is 17.2. The predicted octanol–water partition coefficient (Wildman–Crippen LogP) is 3.89. The van der Waals surface area contributed by atoms with Gasteiger partial charge in [0.15, 0.2) is 0 Å². The Kier molecular flexibility index (Phi) is 5.37. The van der Waals surface area contributed by atoms with Crippen molar-refractivity contribution in [2.75, 3.05) is 26.7 Å². The summed E-state index contributed by atoms with van der Waals surface area (Å²) in [6.45, 7) is 8.88. The molecule has 0 saturated carbocycles. The molecule has 6 heteroatoms. The highest BCUT2D eigenvalue weighted by Gasteiger charge is 2.22. The summed E-state index contributed by atoms with van der Waals surface area (Å²) >= 11 is 0. The number of nitrogens with one attached hydrogen (secondary N) is 1. The molecule has 2 aromatic heterocycles. The Hall–Kier alpha value is -2.73. The Labute approximate surface area is 171 Å². The van der Waals surface area contributed by atoms with E-state index in [9.17, 15) is 4.79 Å². The molecule has 3 aromatic rings. The van der Waals surface area contributed by atoms with Crippen molar-refractivity contribution in [1.29, 1.82) is 0 Å². The first-order valence-electron chi connectivity index (χ1n) is 10.2. The van der Waals surface area contributed by atoms with Crippen LogP contribution in [0.5, 0.6) is 0 Å². The van der Waals surface area contributed by atoms with E-state index < -0.39 is 0 Å². The lowest BCUT2D eigenvalue weighted by Crippen LogP contribution is -2.27. The fraction of sp³-hybridized carbons (Fsp3) is 0.435. The third-order valence-corrected chi connectivity index (χ3v) is 5.85. The maximum absolute atomic E-state index is 13.1. The van der Waals surface area contributed by atoms with Crippen LogP contribution in [0.3, 0.4) is 0 Å². The number of rotatable bonds is 5. The molecule has 1 aliphatic rings. The molecule has 1 N–H and O–H groups in total. The van der Waals surface area contributed by atoms with Crippen molar-refractivity contribution in [3.63, 3.8) is 0 Å². The van der Waals surface area contributed by atoms with Crippen molar-refractivity contribution in [1.82, 2.24) is 20.4 Å². The van der Waals surface area contributed by atoms with Gasteiger partial charge in [0, 0.05) is 18.7 Å². The van der Waals surface area contributed by atoms with Gasteiger partial charge in [0.05, 0.1) is 22.3 Å². The van der Waals surface area contributed by atoms with Gasteiger partial charge in [-0.3, -0.25) is 4.79 Å².